The van der Waals surface area contributed by atoms with Crippen molar-refractivity contribution in [3.63, 3.8) is 0 Å². The first-order chi connectivity index (χ1) is 3.25. The Hall–Kier alpha value is -0.0400. The summed E-state index contributed by atoms with van der Waals surface area (Å²) in [5.41, 5.74) is 0. The van der Waals surface area contributed by atoms with Crippen molar-refractivity contribution in [1.29, 1.82) is 0 Å². The van der Waals surface area contributed by atoms with E-state index in [-0.39, 0.29) is 0 Å². The molecule has 0 bridgehead atoms. The van der Waals surface area contributed by atoms with Crippen LogP contribution < -0.4 is 0 Å². The Morgan fingerprint density at radius 3 is 2.50 bits per heavy atom. The standard InChI is InChI=1S/C3H8O/c1-2-3-4/h4H,2-3H2,1H3/i2D2,3D2. The highest BCUT2D eigenvalue weighted by Gasteiger charge is 1.57. The van der Waals surface area contributed by atoms with Gasteiger partial charge in [-0.2, -0.15) is 0 Å². The van der Waals surface area contributed by atoms with Crippen LogP contribution in [0.3, 0.4) is 0 Å². The van der Waals surface area contributed by atoms with Crippen molar-refractivity contribution >= 4 is 0 Å². The first-order valence-electron chi connectivity index (χ1n) is 2.97. The van der Waals surface area contributed by atoms with Gasteiger partial charge in [0.05, 0.1) is 2.74 Å². The number of hydrogen-bond donors (Lipinski definition) is 1. The second kappa shape index (κ2) is 2.96. The highest BCUT2D eigenvalue weighted by molar-refractivity contribution is 4.10. The largest absolute Gasteiger partial charge is 0.396 e. The predicted octanol–water partition coefficient (Wildman–Crippen LogP) is 0.389. The van der Waals surface area contributed by atoms with Crippen LogP contribution in [-0.2, 0) is 0 Å². The fraction of sp³-hybridized carbons (Fsp3) is 1.00. The normalized spacial score (nSPS) is 29.5. The van der Waals surface area contributed by atoms with Crippen molar-refractivity contribution in [3.05, 3.63) is 0 Å². The first kappa shape index (κ1) is 0.716. The number of rotatable bonds is 1. The van der Waals surface area contributed by atoms with Gasteiger partial charge in [0, 0.05) is 9.30 Å². The lowest BCUT2D eigenvalue weighted by Gasteiger charge is -1.69. The lowest BCUT2D eigenvalue weighted by Crippen LogP contribution is -1.69. The summed E-state index contributed by atoms with van der Waals surface area (Å²) in [6, 6.07) is 0. The minimum Gasteiger partial charge on any atom is -0.396 e. The summed E-state index contributed by atoms with van der Waals surface area (Å²) < 4.78 is 26.1. The molecule has 0 radical (unpaired) electrons. The fourth-order valence-electron chi connectivity index (χ4n) is 0. The van der Waals surface area contributed by atoms with Gasteiger partial charge in [-0.05, 0) is 6.37 Å². The van der Waals surface area contributed by atoms with E-state index < -0.39 is 12.9 Å². The van der Waals surface area contributed by atoms with E-state index in [1.165, 1.54) is 0 Å². The van der Waals surface area contributed by atoms with Crippen molar-refractivity contribution < 1.29 is 10.6 Å². The Morgan fingerprint density at radius 1 is 2.25 bits per heavy atom. The zero-order chi connectivity index (χ0) is 7.00. The highest BCUT2D eigenvalue weighted by atomic mass is 16.2. The Balaban J connectivity index is 4.02. The highest BCUT2D eigenvalue weighted by Crippen LogP contribution is 1.61. The molecule has 0 rings (SSSR count). The molecule has 0 aliphatic heterocycles. The second-order valence-electron chi connectivity index (χ2n) is 0.362. The summed E-state index contributed by atoms with van der Waals surface area (Å²) in [5, 5.41) is 8.31. The summed E-state index contributed by atoms with van der Waals surface area (Å²) >= 11 is 0. The SMILES string of the molecule is [2H]C([2H])(C)C([2H])([2H])O. The zero-order valence-electron chi connectivity index (χ0n) is 6.45. The fourth-order valence-corrected chi connectivity index (χ4v) is 0. The maximum Gasteiger partial charge on any atom is 0.0564 e. The predicted molar refractivity (Wildman–Crippen MR) is 17.4 cm³/mol. The van der Waals surface area contributed by atoms with E-state index in [0.717, 1.165) is 6.92 Å². The lowest BCUT2D eigenvalue weighted by molar-refractivity contribution is 0.295. The van der Waals surface area contributed by atoms with E-state index in [0.29, 0.717) is 0 Å². The molecule has 0 spiro atoms. The molecule has 1 nitrogen and oxygen atoms in total. The van der Waals surface area contributed by atoms with E-state index in [1.54, 1.807) is 0 Å². The molecule has 0 aromatic rings. The Kier molecular flexibility index (Phi) is 0.530. The van der Waals surface area contributed by atoms with Crippen LogP contribution in [-0.4, -0.2) is 11.7 Å². The molecule has 0 aliphatic carbocycles. The molecule has 26 valence electrons. The van der Waals surface area contributed by atoms with E-state index in [1.807, 2.05) is 0 Å². The van der Waals surface area contributed by atoms with Crippen LogP contribution >= 0.6 is 0 Å². The van der Waals surface area contributed by atoms with Gasteiger partial charge in [0.25, 0.3) is 0 Å². The van der Waals surface area contributed by atoms with Crippen LogP contribution in [0.15, 0.2) is 0 Å². The molecule has 1 N–H and O–H groups in total. The molecule has 0 amide bonds. The van der Waals surface area contributed by atoms with Crippen molar-refractivity contribution in [3.8, 4) is 0 Å². The van der Waals surface area contributed by atoms with E-state index in [9.17, 15) is 0 Å². The molecule has 0 saturated carbocycles. The first-order valence-corrected chi connectivity index (χ1v) is 0.974. The smallest absolute Gasteiger partial charge is 0.0564 e. The van der Waals surface area contributed by atoms with Gasteiger partial charge in [-0.15, -0.1) is 0 Å². The van der Waals surface area contributed by atoms with Crippen LogP contribution in [0.25, 0.3) is 0 Å². The van der Waals surface area contributed by atoms with Crippen LogP contribution in [0.1, 0.15) is 18.8 Å². The van der Waals surface area contributed by atoms with Gasteiger partial charge in [-0.25, -0.2) is 0 Å². The van der Waals surface area contributed by atoms with E-state index >= 15 is 0 Å². The molecule has 4 heavy (non-hydrogen) atoms. The van der Waals surface area contributed by atoms with Gasteiger partial charge in [0.15, 0.2) is 0 Å². The number of hydrogen-bond acceptors (Lipinski definition) is 1. The third-order valence-corrected chi connectivity index (χ3v) is 0.112. The summed E-state index contributed by atoms with van der Waals surface area (Å²) in [4.78, 5) is 0. The van der Waals surface area contributed by atoms with Crippen LogP contribution in [0.4, 0.5) is 0 Å². The average molecular weight is 64.1 g/mol. The third kappa shape index (κ3) is 1.96. The summed E-state index contributed by atoms with van der Waals surface area (Å²) in [6.45, 7) is -1.75. The maximum absolute atomic E-state index is 8.31. The van der Waals surface area contributed by atoms with Gasteiger partial charge in [0.1, 0.15) is 0 Å². The number of aliphatic hydroxyl groups is 1. The van der Waals surface area contributed by atoms with Crippen molar-refractivity contribution in [2.45, 2.75) is 13.3 Å². The molecule has 0 atom stereocenters. The van der Waals surface area contributed by atoms with Gasteiger partial charge in [-0.3, -0.25) is 0 Å². The lowest BCUT2D eigenvalue weighted by atomic mass is 10.5. The minimum atomic E-state index is -2.73. The monoisotopic (exact) mass is 64.1 g/mol. The van der Waals surface area contributed by atoms with Gasteiger partial charge >= 0.3 is 0 Å². The average Bonchev–Trinajstić information content (AvgIpc) is 1.25. The Labute approximate surface area is 31.9 Å². The quantitative estimate of drug-likeness (QED) is 0.467. The molecular weight excluding hydrogens is 52.0 g/mol. The summed E-state index contributed by atoms with van der Waals surface area (Å²) in [6.07, 6.45) is -2.17. The molecule has 0 aromatic carbocycles. The molecule has 0 saturated heterocycles. The van der Waals surface area contributed by atoms with Crippen LogP contribution in [0.5, 0.6) is 0 Å². The minimum absolute atomic E-state index is 0.979. The van der Waals surface area contributed by atoms with Crippen molar-refractivity contribution in [1.82, 2.24) is 0 Å². The second-order valence-corrected chi connectivity index (χ2v) is 0.362. The summed E-state index contributed by atoms with van der Waals surface area (Å²) in [5.74, 6) is 0. The molecule has 0 aliphatic rings. The van der Waals surface area contributed by atoms with Crippen LogP contribution in [0.2, 0.25) is 0 Å². The Bertz CT molecular complexity index is 66.3. The van der Waals surface area contributed by atoms with Gasteiger partial charge < -0.3 is 5.11 Å². The molecule has 0 unspecified atom stereocenters. The molecule has 0 fully saturated rings. The van der Waals surface area contributed by atoms with E-state index in [2.05, 4.69) is 0 Å². The topological polar surface area (TPSA) is 20.2 Å². The molecule has 1 heteroatoms. The summed E-state index contributed by atoms with van der Waals surface area (Å²) in [7, 11) is 0. The maximum atomic E-state index is 8.31. The molecular formula is C3H8O. The van der Waals surface area contributed by atoms with Gasteiger partial charge in [-0.1, -0.05) is 6.92 Å². The van der Waals surface area contributed by atoms with Gasteiger partial charge in [0.2, 0.25) is 0 Å². The molecule has 0 heterocycles. The van der Waals surface area contributed by atoms with Crippen molar-refractivity contribution in [2.75, 3.05) is 6.56 Å². The van der Waals surface area contributed by atoms with E-state index in [4.69, 9.17) is 10.6 Å². The zero-order valence-corrected chi connectivity index (χ0v) is 2.45. The molecule has 0 aromatic heterocycles. The third-order valence-electron chi connectivity index (χ3n) is 0.112. The Morgan fingerprint density at radius 2 is 2.50 bits per heavy atom. The van der Waals surface area contributed by atoms with Crippen molar-refractivity contribution in [2.24, 2.45) is 0 Å². The van der Waals surface area contributed by atoms with Crippen LogP contribution in [0, 0.1) is 0 Å².